The summed E-state index contributed by atoms with van der Waals surface area (Å²) in [5.41, 5.74) is 2.79. The number of hydrogen-bond donors (Lipinski definition) is 3. The van der Waals surface area contributed by atoms with Crippen LogP contribution < -0.4 is 16.6 Å². The van der Waals surface area contributed by atoms with Gasteiger partial charge in [-0.2, -0.15) is 0 Å². The van der Waals surface area contributed by atoms with Gasteiger partial charge < -0.3 is 10.7 Å². The molecule has 0 aliphatic carbocycles. The second-order valence-corrected chi connectivity index (χ2v) is 5.25. The van der Waals surface area contributed by atoms with E-state index < -0.39 is 0 Å². The number of pyridine rings is 1. The minimum Gasteiger partial charge on any atom is -0.352 e. The van der Waals surface area contributed by atoms with Crippen molar-refractivity contribution in [2.45, 2.75) is 33.1 Å². The minimum atomic E-state index is -0.164. The molecule has 5 nitrogen and oxygen atoms in total. The molecule has 6 heteroatoms. The Morgan fingerprint density at radius 3 is 2.79 bits per heavy atom. The van der Waals surface area contributed by atoms with Gasteiger partial charge in [-0.05, 0) is 18.4 Å². The first-order valence-electron chi connectivity index (χ1n) is 6.45. The fraction of sp³-hybridized carbons (Fsp3) is 0.538. The van der Waals surface area contributed by atoms with Crippen LogP contribution in [0.2, 0.25) is 5.02 Å². The number of nitrogens with one attached hydrogen (secondary N) is 2. The number of nitrogens with zero attached hydrogens (tertiary/aromatic N) is 1. The summed E-state index contributed by atoms with van der Waals surface area (Å²) in [7, 11) is 0. The Bertz CT molecular complexity index is 423. The van der Waals surface area contributed by atoms with Crippen molar-refractivity contribution in [3.63, 3.8) is 0 Å². The van der Waals surface area contributed by atoms with Crippen molar-refractivity contribution < 1.29 is 4.79 Å². The van der Waals surface area contributed by atoms with Crippen molar-refractivity contribution in [1.82, 2.24) is 10.3 Å². The Balaban J connectivity index is 2.39. The normalized spacial score (nSPS) is 10.6. The minimum absolute atomic E-state index is 0.164. The molecule has 1 rings (SSSR count). The maximum absolute atomic E-state index is 11.8. The van der Waals surface area contributed by atoms with Gasteiger partial charge in [0.2, 0.25) is 0 Å². The summed E-state index contributed by atoms with van der Waals surface area (Å²) >= 11 is 5.91. The molecule has 106 valence electrons. The standard InChI is InChI=1S/C13H21ClN4O/c1-9(2)5-3-4-6-16-13(19)10-7-11(14)12(18-15)17-8-10/h7-9H,3-6,15H2,1-2H3,(H,16,19)(H,17,18). The molecule has 1 amide bonds. The van der Waals surface area contributed by atoms with Gasteiger partial charge in [-0.1, -0.05) is 38.3 Å². The van der Waals surface area contributed by atoms with Crippen molar-refractivity contribution in [3.05, 3.63) is 22.8 Å². The number of nitrogens with two attached hydrogens (primary N) is 1. The molecule has 0 atom stereocenters. The van der Waals surface area contributed by atoms with Crippen LogP contribution in [0.3, 0.4) is 0 Å². The highest BCUT2D eigenvalue weighted by Gasteiger charge is 2.08. The van der Waals surface area contributed by atoms with Crippen LogP contribution in [0.15, 0.2) is 12.3 Å². The van der Waals surface area contributed by atoms with Crippen molar-refractivity contribution >= 4 is 23.3 Å². The molecule has 1 heterocycles. The predicted molar refractivity (Wildman–Crippen MR) is 78.1 cm³/mol. The zero-order valence-electron chi connectivity index (χ0n) is 11.4. The molecule has 0 bridgehead atoms. The molecule has 0 spiro atoms. The van der Waals surface area contributed by atoms with E-state index >= 15 is 0 Å². The Morgan fingerprint density at radius 2 is 2.21 bits per heavy atom. The van der Waals surface area contributed by atoms with Gasteiger partial charge in [-0.3, -0.25) is 4.79 Å². The second kappa shape index (κ2) is 7.96. The summed E-state index contributed by atoms with van der Waals surface area (Å²) in [4.78, 5) is 15.8. The number of amides is 1. The average Bonchev–Trinajstić information content (AvgIpc) is 2.37. The van der Waals surface area contributed by atoms with E-state index in [1.54, 1.807) is 6.07 Å². The summed E-state index contributed by atoms with van der Waals surface area (Å²) in [5.74, 6) is 6.11. The van der Waals surface area contributed by atoms with E-state index in [4.69, 9.17) is 17.4 Å². The van der Waals surface area contributed by atoms with E-state index in [2.05, 4.69) is 29.6 Å². The molecular formula is C13H21ClN4O. The number of unbranched alkanes of at least 4 members (excludes halogenated alkanes) is 1. The molecule has 1 aromatic heterocycles. The number of nitrogen functional groups attached to an aromatic ring is 1. The third kappa shape index (κ3) is 5.44. The van der Waals surface area contributed by atoms with Crippen LogP contribution in [0.25, 0.3) is 0 Å². The number of halogens is 1. The summed E-state index contributed by atoms with van der Waals surface area (Å²) in [6.45, 7) is 5.05. The lowest BCUT2D eigenvalue weighted by atomic mass is 10.1. The van der Waals surface area contributed by atoms with Crippen LogP contribution in [0.1, 0.15) is 43.5 Å². The van der Waals surface area contributed by atoms with Gasteiger partial charge in [0.15, 0.2) is 5.82 Å². The van der Waals surface area contributed by atoms with Crippen molar-refractivity contribution in [2.75, 3.05) is 12.0 Å². The van der Waals surface area contributed by atoms with Crippen molar-refractivity contribution in [1.29, 1.82) is 0 Å². The maximum atomic E-state index is 11.8. The first-order chi connectivity index (χ1) is 9.04. The highest BCUT2D eigenvalue weighted by molar-refractivity contribution is 6.33. The molecule has 0 unspecified atom stereocenters. The molecular weight excluding hydrogens is 264 g/mol. The average molecular weight is 285 g/mol. The zero-order chi connectivity index (χ0) is 14.3. The number of aromatic nitrogens is 1. The highest BCUT2D eigenvalue weighted by atomic mass is 35.5. The lowest BCUT2D eigenvalue weighted by Crippen LogP contribution is -2.24. The summed E-state index contributed by atoms with van der Waals surface area (Å²) in [6, 6.07) is 1.55. The predicted octanol–water partition coefficient (Wildman–Crippen LogP) is 2.58. The molecule has 0 aliphatic rings. The number of hydrazine groups is 1. The Hall–Kier alpha value is -1.33. The number of carbonyl (C=O) groups is 1. The van der Waals surface area contributed by atoms with Crippen LogP contribution in [0, 0.1) is 5.92 Å². The van der Waals surface area contributed by atoms with E-state index in [9.17, 15) is 4.79 Å². The first-order valence-corrected chi connectivity index (χ1v) is 6.82. The number of rotatable bonds is 7. The van der Waals surface area contributed by atoms with Crippen molar-refractivity contribution in [2.24, 2.45) is 11.8 Å². The van der Waals surface area contributed by atoms with Crippen LogP contribution >= 0.6 is 11.6 Å². The smallest absolute Gasteiger partial charge is 0.252 e. The lowest BCUT2D eigenvalue weighted by molar-refractivity contribution is 0.0952. The molecule has 0 aromatic carbocycles. The van der Waals surface area contributed by atoms with Crippen LogP contribution in [-0.4, -0.2) is 17.4 Å². The van der Waals surface area contributed by atoms with E-state index in [1.165, 1.54) is 12.6 Å². The van der Waals surface area contributed by atoms with Crippen LogP contribution in [0.4, 0.5) is 5.82 Å². The quantitative estimate of drug-likeness (QED) is 0.408. The molecule has 0 saturated heterocycles. The molecule has 0 radical (unpaired) electrons. The van der Waals surface area contributed by atoms with Gasteiger partial charge in [-0.15, -0.1) is 0 Å². The van der Waals surface area contributed by atoms with Gasteiger partial charge in [0, 0.05) is 12.7 Å². The van der Waals surface area contributed by atoms with Gasteiger partial charge in [0.05, 0.1) is 10.6 Å². The van der Waals surface area contributed by atoms with Gasteiger partial charge in [-0.25, -0.2) is 10.8 Å². The first kappa shape index (κ1) is 15.7. The highest BCUT2D eigenvalue weighted by Crippen LogP contribution is 2.18. The summed E-state index contributed by atoms with van der Waals surface area (Å²) in [6.07, 6.45) is 4.73. The summed E-state index contributed by atoms with van der Waals surface area (Å²) < 4.78 is 0. The topological polar surface area (TPSA) is 80.0 Å². The third-order valence-corrected chi connectivity index (χ3v) is 3.02. The van der Waals surface area contributed by atoms with E-state index in [0.29, 0.717) is 28.9 Å². The van der Waals surface area contributed by atoms with Gasteiger partial charge in [0.1, 0.15) is 0 Å². The molecule has 4 N–H and O–H groups in total. The molecule has 0 aliphatic heterocycles. The Morgan fingerprint density at radius 1 is 1.47 bits per heavy atom. The Kier molecular flexibility index (Phi) is 6.59. The molecule has 19 heavy (non-hydrogen) atoms. The van der Waals surface area contributed by atoms with Gasteiger partial charge >= 0.3 is 0 Å². The molecule has 0 fully saturated rings. The fourth-order valence-corrected chi connectivity index (χ4v) is 1.87. The maximum Gasteiger partial charge on any atom is 0.252 e. The van der Waals surface area contributed by atoms with Crippen LogP contribution in [0.5, 0.6) is 0 Å². The van der Waals surface area contributed by atoms with E-state index in [-0.39, 0.29) is 5.91 Å². The van der Waals surface area contributed by atoms with Crippen LogP contribution in [-0.2, 0) is 0 Å². The monoisotopic (exact) mass is 284 g/mol. The van der Waals surface area contributed by atoms with Crippen molar-refractivity contribution in [3.8, 4) is 0 Å². The Labute approximate surface area is 118 Å². The largest absolute Gasteiger partial charge is 0.352 e. The van der Waals surface area contributed by atoms with E-state index in [1.807, 2.05) is 0 Å². The number of carbonyl (C=O) groups excluding carboxylic acids is 1. The second-order valence-electron chi connectivity index (χ2n) is 4.84. The van der Waals surface area contributed by atoms with E-state index in [0.717, 1.165) is 12.8 Å². The number of hydrogen-bond acceptors (Lipinski definition) is 4. The molecule has 0 saturated carbocycles. The third-order valence-electron chi connectivity index (χ3n) is 2.73. The zero-order valence-corrected chi connectivity index (χ0v) is 12.1. The molecule has 1 aromatic rings. The lowest BCUT2D eigenvalue weighted by Gasteiger charge is -2.08. The van der Waals surface area contributed by atoms with Gasteiger partial charge in [0.25, 0.3) is 5.91 Å². The fourth-order valence-electron chi connectivity index (χ4n) is 1.65. The SMILES string of the molecule is CC(C)CCCCNC(=O)c1cnc(NN)c(Cl)c1. The number of anilines is 1. The summed E-state index contributed by atoms with van der Waals surface area (Å²) in [5, 5.41) is 3.18.